The predicted molar refractivity (Wildman–Crippen MR) is 82.4 cm³/mol. The minimum atomic E-state index is 0.635. The summed E-state index contributed by atoms with van der Waals surface area (Å²) in [6, 6.07) is 14.0. The van der Waals surface area contributed by atoms with Crippen molar-refractivity contribution in [2.75, 3.05) is 5.32 Å². The lowest BCUT2D eigenvalue weighted by Crippen LogP contribution is -2.05. The molecule has 1 aromatic carbocycles. The Balaban J connectivity index is 1.70. The van der Waals surface area contributed by atoms with Crippen molar-refractivity contribution < 1.29 is 0 Å². The van der Waals surface area contributed by atoms with Crippen LogP contribution in [0.1, 0.15) is 17.2 Å². The number of anilines is 1. The van der Waals surface area contributed by atoms with Gasteiger partial charge < -0.3 is 5.32 Å². The van der Waals surface area contributed by atoms with Gasteiger partial charge in [-0.3, -0.25) is 0 Å². The molecule has 0 aliphatic rings. The lowest BCUT2D eigenvalue weighted by molar-refractivity contribution is 0.841. The van der Waals surface area contributed by atoms with Gasteiger partial charge in [-0.05, 0) is 32.0 Å². The van der Waals surface area contributed by atoms with Gasteiger partial charge in [0.15, 0.2) is 0 Å². The Morgan fingerprint density at radius 2 is 1.86 bits per heavy atom. The third-order valence-corrected chi connectivity index (χ3v) is 3.08. The molecular weight excluding hydrogens is 262 g/mol. The summed E-state index contributed by atoms with van der Waals surface area (Å²) in [5, 5.41) is 7.83. The average molecular weight is 279 g/mol. The largest absolute Gasteiger partial charge is 0.364 e. The zero-order chi connectivity index (χ0) is 14.7. The van der Waals surface area contributed by atoms with Crippen LogP contribution in [-0.4, -0.2) is 19.7 Å². The zero-order valence-corrected chi connectivity index (χ0v) is 12.1. The van der Waals surface area contributed by atoms with Crippen LogP contribution < -0.4 is 5.32 Å². The van der Waals surface area contributed by atoms with E-state index in [1.165, 1.54) is 0 Å². The minimum Gasteiger partial charge on any atom is -0.364 e. The third kappa shape index (κ3) is 3.25. The Kier molecular flexibility index (Phi) is 3.64. The number of para-hydroxylation sites is 1. The minimum absolute atomic E-state index is 0.635. The molecule has 0 spiro atoms. The standard InChI is InChI=1S/C16H17N5/c1-12-10-16(19-13(2)18-12)17-11-14-8-9-21(20-14)15-6-4-3-5-7-15/h3-10H,11H2,1-2H3,(H,17,18,19). The molecule has 1 N–H and O–H groups in total. The first-order valence-electron chi connectivity index (χ1n) is 6.87. The van der Waals surface area contributed by atoms with Crippen LogP contribution in [0.25, 0.3) is 5.69 Å². The molecule has 0 aliphatic carbocycles. The molecule has 0 amide bonds. The fourth-order valence-corrected chi connectivity index (χ4v) is 2.17. The Labute approximate surface area is 123 Å². The van der Waals surface area contributed by atoms with E-state index in [1.807, 2.05) is 67.2 Å². The van der Waals surface area contributed by atoms with Gasteiger partial charge in [-0.15, -0.1) is 0 Å². The SMILES string of the molecule is Cc1cc(NCc2ccn(-c3ccccc3)n2)nc(C)n1. The van der Waals surface area contributed by atoms with Crippen molar-refractivity contribution in [1.82, 2.24) is 19.7 Å². The van der Waals surface area contributed by atoms with Gasteiger partial charge in [-0.25, -0.2) is 14.6 Å². The fourth-order valence-electron chi connectivity index (χ4n) is 2.17. The average Bonchev–Trinajstić information content (AvgIpc) is 2.94. The molecule has 2 heterocycles. The number of benzene rings is 1. The normalized spacial score (nSPS) is 10.6. The molecule has 106 valence electrons. The fraction of sp³-hybridized carbons (Fsp3) is 0.188. The highest BCUT2D eigenvalue weighted by Crippen LogP contribution is 2.10. The van der Waals surface area contributed by atoms with Gasteiger partial charge in [0.05, 0.1) is 17.9 Å². The third-order valence-electron chi connectivity index (χ3n) is 3.08. The second-order valence-electron chi connectivity index (χ2n) is 4.88. The van der Waals surface area contributed by atoms with Crippen LogP contribution in [0.2, 0.25) is 0 Å². The Morgan fingerprint density at radius 1 is 1.05 bits per heavy atom. The molecule has 0 atom stereocenters. The summed E-state index contributed by atoms with van der Waals surface area (Å²) in [4.78, 5) is 8.62. The predicted octanol–water partition coefficient (Wildman–Crippen LogP) is 2.89. The molecule has 0 fully saturated rings. The number of nitrogens with one attached hydrogen (secondary N) is 1. The molecule has 5 heteroatoms. The van der Waals surface area contributed by atoms with Crippen LogP contribution in [0.4, 0.5) is 5.82 Å². The number of nitrogens with zero attached hydrogens (tertiary/aromatic N) is 4. The first kappa shape index (κ1) is 13.3. The number of aryl methyl sites for hydroxylation is 2. The molecule has 0 bridgehead atoms. The van der Waals surface area contributed by atoms with Crippen molar-refractivity contribution >= 4 is 5.82 Å². The van der Waals surface area contributed by atoms with E-state index >= 15 is 0 Å². The van der Waals surface area contributed by atoms with Gasteiger partial charge in [0.2, 0.25) is 0 Å². The van der Waals surface area contributed by atoms with E-state index in [-0.39, 0.29) is 0 Å². The van der Waals surface area contributed by atoms with Crippen molar-refractivity contribution in [3.8, 4) is 5.69 Å². The van der Waals surface area contributed by atoms with E-state index in [4.69, 9.17) is 0 Å². The summed E-state index contributed by atoms with van der Waals surface area (Å²) in [5.41, 5.74) is 2.98. The molecule has 0 saturated heterocycles. The highest BCUT2D eigenvalue weighted by Gasteiger charge is 2.02. The Hall–Kier alpha value is -2.69. The maximum Gasteiger partial charge on any atom is 0.130 e. The summed E-state index contributed by atoms with van der Waals surface area (Å²) in [7, 11) is 0. The molecule has 21 heavy (non-hydrogen) atoms. The van der Waals surface area contributed by atoms with E-state index in [0.717, 1.165) is 28.7 Å². The maximum absolute atomic E-state index is 4.55. The van der Waals surface area contributed by atoms with Crippen molar-refractivity contribution in [2.24, 2.45) is 0 Å². The molecule has 0 aliphatic heterocycles. The summed E-state index contributed by atoms with van der Waals surface area (Å²) < 4.78 is 1.87. The van der Waals surface area contributed by atoms with Crippen LogP contribution in [0.3, 0.4) is 0 Å². The second-order valence-corrected chi connectivity index (χ2v) is 4.88. The smallest absolute Gasteiger partial charge is 0.130 e. The molecule has 0 radical (unpaired) electrons. The van der Waals surface area contributed by atoms with Crippen LogP contribution >= 0.6 is 0 Å². The highest BCUT2D eigenvalue weighted by atomic mass is 15.3. The molecular formula is C16H17N5. The molecule has 3 aromatic rings. The van der Waals surface area contributed by atoms with Gasteiger partial charge in [0, 0.05) is 18.0 Å². The number of aromatic nitrogens is 4. The molecule has 0 unspecified atom stereocenters. The maximum atomic E-state index is 4.55. The van der Waals surface area contributed by atoms with Gasteiger partial charge in [-0.2, -0.15) is 5.10 Å². The second kappa shape index (κ2) is 5.75. The van der Waals surface area contributed by atoms with Gasteiger partial charge in [0.25, 0.3) is 0 Å². The van der Waals surface area contributed by atoms with E-state index in [2.05, 4.69) is 20.4 Å². The lowest BCUT2D eigenvalue weighted by atomic mass is 10.3. The van der Waals surface area contributed by atoms with E-state index in [1.54, 1.807) is 0 Å². The van der Waals surface area contributed by atoms with E-state index in [9.17, 15) is 0 Å². The summed E-state index contributed by atoms with van der Waals surface area (Å²) in [6.07, 6.45) is 1.96. The first-order valence-corrected chi connectivity index (χ1v) is 6.87. The van der Waals surface area contributed by atoms with Crippen molar-refractivity contribution in [3.05, 3.63) is 65.9 Å². The van der Waals surface area contributed by atoms with Crippen molar-refractivity contribution in [1.29, 1.82) is 0 Å². The van der Waals surface area contributed by atoms with Crippen molar-refractivity contribution in [2.45, 2.75) is 20.4 Å². The van der Waals surface area contributed by atoms with E-state index in [0.29, 0.717) is 6.54 Å². The van der Waals surface area contributed by atoms with Crippen LogP contribution in [0.5, 0.6) is 0 Å². The summed E-state index contributed by atoms with van der Waals surface area (Å²) >= 11 is 0. The van der Waals surface area contributed by atoms with Crippen molar-refractivity contribution in [3.63, 3.8) is 0 Å². The van der Waals surface area contributed by atoms with E-state index < -0.39 is 0 Å². The first-order chi connectivity index (χ1) is 10.2. The molecule has 3 rings (SSSR count). The van der Waals surface area contributed by atoms with Gasteiger partial charge in [-0.1, -0.05) is 18.2 Å². The molecule has 5 nitrogen and oxygen atoms in total. The highest BCUT2D eigenvalue weighted by molar-refractivity contribution is 5.36. The van der Waals surface area contributed by atoms with Crippen LogP contribution in [0, 0.1) is 13.8 Å². The summed E-state index contributed by atoms with van der Waals surface area (Å²) in [5.74, 6) is 1.60. The number of rotatable bonds is 4. The lowest BCUT2D eigenvalue weighted by Gasteiger charge is -2.05. The van der Waals surface area contributed by atoms with Crippen LogP contribution in [0.15, 0.2) is 48.7 Å². The molecule has 2 aromatic heterocycles. The Morgan fingerprint density at radius 3 is 2.62 bits per heavy atom. The number of hydrogen-bond acceptors (Lipinski definition) is 4. The summed E-state index contributed by atoms with van der Waals surface area (Å²) in [6.45, 7) is 4.49. The number of hydrogen-bond donors (Lipinski definition) is 1. The molecule has 0 saturated carbocycles. The quantitative estimate of drug-likeness (QED) is 0.798. The van der Waals surface area contributed by atoms with Crippen LogP contribution in [-0.2, 0) is 6.54 Å². The Bertz CT molecular complexity index is 713. The van der Waals surface area contributed by atoms with Gasteiger partial charge >= 0.3 is 0 Å². The van der Waals surface area contributed by atoms with Gasteiger partial charge in [0.1, 0.15) is 11.6 Å². The topological polar surface area (TPSA) is 55.6 Å². The monoisotopic (exact) mass is 279 g/mol. The zero-order valence-electron chi connectivity index (χ0n) is 12.1.